The van der Waals surface area contributed by atoms with E-state index in [2.05, 4.69) is 21.2 Å². The minimum atomic E-state index is -0.111. The van der Waals surface area contributed by atoms with Gasteiger partial charge in [-0.1, -0.05) is 12.1 Å². The lowest BCUT2D eigenvalue weighted by molar-refractivity contribution is -0.113. The van der Waals surface area contributed by atoms with Crippen LogP contribution in [0.5, 0.6) is 5.75 Å². The number of carbonyl (C=O) groups excluding carboxylic acids is 1. The first-order valence-corrected chi connectivity index (χ1v) is 7.98. The van der Waals surface area contributed by atoms with Crippen molar-refractivity contribution in [3.8, 4) is 5.75 Å². The monoisotopic (exact) mass is 366 g/mol. The van der Waals surface area contributed by atoms with E-state index in [1.165, 1.54) is 11.8 Å². The van der Waals surface area contributed by atoms with Crippen LogP contribution in [0.2, 0.25) is 0 Å². The maximum Gasteiger partial charge on any atom is 0.234 e. The van der Waals surface area contributed by atoms with E-state index in [0.29, 0.717) is 22.9 Å². The molecule has 2 aromatic carbocycles. The number of halogens is 1. The molecule has 0 unspecified atom stereocenters. The Morgan fingerprint density at radius 3 is 2.81 bits per heavy atom. The van der Waals surface area contributed by atoms with Crippen LogP contribution in [0.4, 0.5) is 11.4 Å². The Kier molecular flexibility index (Phi) is 5.52. The van der Waals surface area contributed by atoms with E-state index in [4.69, 9.17) is 10.5 Å². The van der Waals surface area contributed by atoms with Crippen molar-refractivity contribution in [1.29, 1.82) is 0 Å². The lowest BCUT2D eigenvalue weighted by atomic mass is 10.2. The molecule has 0 spiro atoms. The molecule has 0 aromatic heterocycles. The molecule has 4 nitrogen and oxygen atoms in total. The summed E-state index contributed by atoms with van der Waals surface area (Å²) in [6.07, 6.45) is 0. The van der Waals surface area contributed by atoms with Crippen LogP contribution in [0, 0.1) is 0 Å². The first kappa shape index (κ1) is 15.7. The standard InChI is InChI=1S/C15H15BrN2O2S/c1-20-13-7-6-10(17)8-12(13)18-15(19)9-21-14-5-3-2-4-11(14)16/h2-8H,9,17H2,1H3,(H,18,19). The molecule has 0 atom stereocenters. The van der Waals surface area contributed by atoms with E-state index in [1.807, 2.05) is 24.3 Å². The molecule has 0 heterocycles. The van der Waals surface area contributed by atoms with Gasteiger partial charge in [-0.3, -0.25) is 4.79 Å². The van der Waals surface area contributed by atoms with Gasteiger partial charge in [0.15, 0.2) is 0 Å². The molecule has 0 fully saturated rings. The van der Waals surface area contributed by atoms with Crippen molar-refractivity contribution < 1.29 is 9.53 Å². The number of amides is 1. The van der Waals surface area contributed by atoms with Gasteiger partial charge in [0, 0.05) is 15.1 Å². The summed E-state index contributed by atoms with van der Waals surface area (Å²) < 4.78 is 6.17. The van der Waals surface area contributed by atoms with Gasteiger partial charge in [-0.25, -0.2) is 0 Å². The molecule has 0 bridgehead atoms. The number of nitrogen functional groups attached to an aromatic ring is 1. The smallest absolute Gasteiger partial charge is 0.234 e. The van der Waals surface area contributed by atoms with Crippen molar-refractivity contribution in [3.63, 3.8) is 0 Å². The molecule has 2 aromatic rings. The van der Waals surface area contributed by atoms with E-state index in [0.717, 1.165) is 9.37 Å². The van der Waals surface area contributed by atoms with Gasteiger partial charge < -0.3 is 15.8 Å². The summed E-state index contributed by atoms with van der Waals surface area (Å²) in [6.45, 7) is 0. The Hall–Kier alpha value is -1.66. The Morgan fingerprint density at radius 1 is 1.33 bits per heavy atom. The van der Waals surface area contributed by atoms with Crippen LogP contribution in [-0.4, -0.2) is 18.8 Å². The number of thioether (sulfide) groups is 1. The molecule has 110 valence electrons. The highest BCUT2D eigenvalue weighted by Gasteiger charge is 2.09. The van der Waals surface area contributed by atoms with Crippen molar-refractivity contribution in [3.05, 3.63) is 46.9 Å². The molecular formula is C15H15BrN2O2S. The van der Waals surface area contributed by atoms with Gasteiger partial charge in [0.25, 0.3) is 0 Å². The van der Waals surface area contributed by atoms with E-state index in [-0.39, 0.29) is 5.91 Å². The predicted octanol–water partition coefficient (Wildman–Crippen LogP) is 3.77. The molecule has 2 rings (SSSR count). The van der Waals surface area contributed by atoms with Crippen molar-refractivity contribution in [1.82, 2.24) is 0 Å². The number of methoxy groups -OCH3 is 1. The molecule has 1 amide bonds. The molecule has 0 aliphatic rings. The summed E-state index contributed by atoms with van der Waals surface area (Å²) in [7, 11) is 1.55. The number of nitrogens with two attached hydrogens (primary N) is 1. The quantitative estimate of drug-likeness (QED) is 0.624. The lowest BCUT2D eigenvalue weighted by Gasteiger charge is -2.11. The van der Waals surface area contributed by atoms with Gasteiger partial charge in [-0.05, 0) is 46.3 Å². The van der Waals surface area contributed by atoms with Crippen LogP contribution < -0.4 is 15.8 Å². The minimum absolute atomic E-state index is 0.111. The molecule has 0 aliphatic carbocycles. The lowest BCUT2D eigenvalue weighted by Crippen LogP contribution is -2.14. The van der Waals surface area contributed by atoms with Gasteiger partial charge in [-0.2, -0.15) is 0 Å². The summed E-state index contributed by atoms with van der Waals surface area (Å²) in [4.78, 5) is 13.1. The first-order chi connectivity index (χ1) is 10.1. The number of hydrogen-bond acceptors (Lipinski definition) is 4. The molecule has 0 radical (unpaired) electrons. The predicted molar refractivity (Wildman–Crippen MR) is 90.9 cm³/mol. The topological polar surface area (TPSA) is 64.3 Å². The van der Waals surface area contributed by atoms with Crippen LogP contribution in [-0.2, 0) is 4.79 Å². The second-order valence-corrected chi connectivity index (χ2v) is 6.10. The van der Waals surface area contributed by atoms with Crippen molar-refractivity contribution in [2.45, 2.75) is 4.90 Å². The van der Waals surface area contributed by atoms with Crippen molar-refractivity contribution in [2.24, 2.45) is 0 Å². The van der Waals surface area contributed by atoms with Gasteiger partial charge in [0.05, 0.1) is 18.6 Å². The second-order valence-electron chi connectivity index (χ2n) is 4.23. The molecule has 21 heavy (non-hydrogen) atoms. The summed E-state index contributed by atoms with van der Waals surface area (Å²) in [6, 6.07) is 12.9. The van der Waals surface area contributed by atoms with E-state index >= 15 is 0 Å². The third kappa shape index (κ3) is 4.41. The minimum Gasteiger partial charge on any atom is -0.495 e. The molecular weight excluding hydrogens is 352 g/mol. The van der Waals surface area contributed by atoms with Crippen LogP contribution >= 0.6 is 27.7 Å². The number of benzene rings is 2. The normalized spacial score (nSPS) is 10.2. The molecule has 0 saturated heterocycles. The zero-order valence-corrected chi connectivity index (χ0v) is 13.8. The van der Waals surface area contributed by atoms with Gasteiger partial charge in [0.2, 0.25) is 5.91 Å². The fourth-order valence-electron chi connectivity index (χ4n) is 1.71. The Labute approximate surface area is 136 Å². The molecule has 0 saturated carbocycles. The average molecular weight is 367 g/mol. The number of rotatable bonds is 5. The summed E-state index contributed by atoms with van der Waals surface area (Å²) in [5.74, 6) is 0.781. The summed E-state index contributed by atoms with van der Waals surface area (Å²) >= 11 is 4.92. The van der Waals surface area contributed by atoms with E-state index < -0.39 is 0 Å². The van der Waals surface area contributed by atoms with Crippen LogP contribution in [0.3, 0.4) is 0 Å². The average Bonchev–Trinajstić information content (AvgIpc) is 2.47. The SMILES string of the molecule is COc1ccc(N)cc1NC(=O)CSc1ccccc1Br. The third-order valence-corrected chi connectivity index (χ3v) is 4.72. The number of nitrogens with one attached hydrogen (secondary N) is 1. The fraction of sp³-hybridized carbons (Fsp3) is 0.133. The zero-order valence-electron chi connectivity index (χ0n) is 11.4. The number of hydrogen-bond donors (Lipinski definition) is 2. The molecule has 6 heteroatoms. The second kappa shape index (κ2) is 7.38. The van der Waals surface area contributed by atoms with Crippen LogP contribution in [0.25, 0.3) is 0 Å². The Bertz CT molecular complexity index is 649. The largest absolute Gasteiger partial charge is 0.495 e. The van der Waals surface area contributed by atoms with Gasteiger partial charge in [-0.15, -0.1) is 11.8 Å². The Balaban J connectivity index is 1.99. The maximum absolute atomic E-state index is 12.0. The third-order valence-electron chi connectivity index (χ3n) is 2.69. The van der Waals surface area contributed by atoms with E-state index in [9.17, 15) is 4.79 Å². The molecule has 0 aliphatic heterocycles. The number of anilines is 2. The fourth-order valence-corrected chi connectivity index (χ4v) is 3.08. The number of carbonyl (C=O) groups is 1. The molecule has 3 N–H and O–H groups in total. The van der Waals surface area contributed by atoms with Crippen LogP contribution in [0.15, 0.2) is 51.8 Å². The highest BCUT2D eigenvalue weighted by atomic mass is 79.9. The summed E-state index contributed by atoms with van der Waals surface area (Å²) in [5.41, 5.74) is 6.88. The van der Waals surface area contributed by atoms with Crippen molar-refractivity contribution in [2.75, 3.05) is 23.9 Å². The van der Waals surface area contributed by atoms with Gasteiger partial charge in [0.1, 0.15) is 5.75 Å². The van der Waals surface area contributed by atoms with E-state index in [1.54, 1.807) is 25.3 Å². The first-order valence-electron chi connectivity index (χ1n) is 6.21. The Morgan fingerprint density at radius 2 is 2.10 bits per heavy atom. The summed E-state index contributed by atoms with van der Waals surface area (Å²) in [5, 5.41) is 2.81. The number of ether oxygens (including phenoxy) is 1. The maximum atomic E-state index is 12.0. The highest BCUT2D eigenvalue weighted by molar-refractivity contribution is 9.10. The van der Waals surface area contributed by atoms with Gasteiger partial charge >= 0.3 is 0 Å². The zero-order chi connectivity index (χ0) is 15.2. The van der Waals surface area contributed by atoms with Crippen LogP contribution in [0.1, 0.15) is 0 Å². The highest BCUT2D eigenvalue weighted by Crippen LogP contribution is 2.29. The van der Waals surface area contributed by atoms with Crippen molar-refractivity contribution >= 4 is 45.0 Å².